The lowest BCUT2D eigenvalue weighted by atomic mass is 10.2. The Labute approximate surface area is 169 Å². The molecule has 0 aliphatic carbocycles. The molecule has 0 atom stereocenters. The highest BCUT2D eigenvalue weighted by atomic mass is 127. The van der Waals surface area contributed by atoms with E-state index < -0.39 is 18.5 Å². The molecule has 136 valence electrons. The van der Waals surface area contributed by atoms with E-state index in [4.69, 9.17) is 16.3 Å². The summed E-state index contributed by atoms with van der Waals surface area (Å²) in [6.07, 6.45) is 0. The molecule has 26 heavy (non-hydrogen) atoms. The first kappa shape index (κ1) is 20.2. The number of amides is 2. The van der Waals surface area contributed by atoms with Crippen molar-refractivity contribution in [1.29, 1.82) is 0 Å². The summed E-state index contributed by atoms with van der Waals surface area (Å²) >= 11 is 7.90. The minimum atomic E-state index is -0.692. The highest BCUT2D eigenvalue weighted by Crippen LogP contribution is 2.11. The molecular formula is C18H16ClIN2O4. The summed E-state index contributed by atoms with van der Waals surface area (Å²) in [5.41, 5.74) is 1.31. The summed E-state index contributed by atoms with van der Waals surface area (Å²) in [7, 11) is 0. The molecule has 0 saturated heterocycles. The Morgan fingerprint density at radius 3 is 2.54 bits per heavy atom. The minimum absolute atomic E-state index is 0.278. The third kappa shape index (κ3) is 6.64. The number of esters is 1. The molecule has 0 aliphatic rings. The van der Waals surface area contributed by atoms with Crippen molar-refractivity contribution in [1.82, 2.24) is 10.6 Å². The predicted octanol–water partition coefficient (Wildman–Crippen LogP) is 2.53. The van der Waals surface area contributed by atoms with Crippen LogP contribution in [0.15, 0.2) is 48.5 Å². The van der Waals surface area contributed by atoms with Gasteiger partial charge in [-0.15, -0.1) is 0 Å². The molecule has 0 saturated carbocycles. The van der Waals surface area contributed by atoms with Crippen LogP contribution in [0.4, 0.5) is 0 Å². The third-order valence-electron chi connectivity index (χ3n) is 3.25. The maximum absolute atomic E-state index is 12.0. The van der Waals surface area contributed by atoms with Crippen LogP contribution < -0.4 is 10.6 Å². The largest absolute Gasteiger partial charge is 0.454 e. The van der Waals surface area contributed by atoms with Gasteiger partial charge in [-0.25, -0.2) is 0 Å². The quantitative estimate of drug-likeness (QED) is 0.465. The average Bonchev–Trinajstić information content (AvgIpc) is 2.63. The lowest BCUT2D eigenvalue weighted by Crippen LogP contribution is -2.34. The SMILES string of the molecule is O=C(COC(=O)CNC(=O)c1ccccc1I)NCc1cccc(Cl)c1. The molecule has 0 fully saturated rings. The van der Waals surface area contributed by atoms with Crippen molar-refractivity contribution in [3.05, 3.63) is 68.3 Å². The van der Waals surface area contributed by atoms with Crippen LogP contribution in [0.3, 0.4) is 0 Å². The van der Waals surface area contributed by atoms with Gasteiger partial charge >= 0.3 is 5.97 Å². The molecule has 0 heterocycles. The molecule has 8 heteroatoms. The zero-order valence-corrected chi connectivity index (χ0v) is 16.5. The maximum atomic E-state index is 12.0. The van der Waals surface area contributed by atoms with E-state index in [1.807, 2.05) is 34.7 Å². The van der Waals surface area contributed by atoms with Crippen molar-refractivity contribution in [2.45, 2.75) is 6.54 Å². The van der Waals surface area contributed by atoms with Gasteiger partial charge in [-0.3, -0.25) is 14.4 Å². The van der Waals surface area contributed by atoms with Gasteiger partial charge in [0.05, 0.1) is 5.56 Å². The second-order valence-electron chi connectivity index (χ2n) is 5.23. The Bertz CT molecular complexity index is 813. The molecule has 0 aliphatic heterocycles. The molecule has 0 unspecified atom stereocenters. The van der Waals surface area contributed by atoms with Crippen LogP contribution in [-0.2, 0) is 20.9 Å². The summed E-state index contributed by atoms with van der Waals surface area (Å²) in [6.45, 7) is -0.455. The van der Waals surface area contributed by atoms with E-state index in [9.17, 15) is 14.4 Å². The van der Waals surface area contributed by atoms with E-state index in [0.717, 1.165) is 9.13 Å². The fraction of sp³-hybridized carbons (Fsp3) is 0.167. The Hall–Kier alpha value is -2.13. The van der Waals surface area contributed by atoms with Crippen LogP contribution >= 0.6 is 34.2 Å². The highest BCUT2D eigenvalue weighted by Gasteiger charge is 2.12. The standard InChI is InChI=1S/C18H16ClIN2O4/c19-13-5-3-4-12(8-13)9-21-16(23)11-26-17(24)10-22-18(25)14-6-1-2-7-15(14)20/h1-8H,9-11H2,(H,21,23)(H,22,25). The molecule has 0 bridgehead atoms. The van der Waals surface area contributed by atoms with Gasteiger partial charge in [0.2, 0.25) is 0 Å². The zero-order chi connectivity index (χ0) is 18.9. The van der Waals surface area contributed by atoms with Gasteiger partial charge in [0.1, 0.15) is 6.54 Å². The lowest BCUT2D eigenvalue weighted by molar-refractivity contribution is -0.147. The number of benzene rings is 2. The second-order valence-corrected chi connectivity index (χ2v) is 6.83. The van der Waals surface area contributed by atoms with Gasteiger partial charge in [0, 0.05) is 15.1 Å². The van der Waals surface area contributed by atoms with Gasteiger partial charge in [0.15, 0.2) is 6.61 Å². The number of carbonyl (C=O) groups is 3. The Kier molecular flexibility index (Phi) is 7.86. The fourth-order valence-electron chi connectivity index (χ4n) is 1.99. The van der Waals surface area contributed by atoms with E-state index in [-0.39, 0.29) is 19.0 Å². The van der Waals surface area contributed by atoms with E-state index in [1.165, 1.54) is 0 Å². The number of hydrogen-bond donors (Lipinski definition) is 2. The highest BCUT2D eigenvalue weighted by molar-refractivity contribution is 14.1. The summed E-state index contributed by atoms with van der Waals surface area (Å²) in [4.78, 5) is 35.3. The van der Waals surface area contributed by atoms with Gasteiger partial charge in [0.25, 0.3) is 11.8 Å². The van der Waals surface area contributed by atoms with E-state index >= 15 is 0 Å². The number of nitrogens with one attached hydrogen (secondary N) is 2. The molecule has 2 amide bonds. The van der Waals surface area contributed by atoms with Crippen LogP contribution in [0.5, 0.6) is 0 Å². The zero-order valence-electron chi connectivity index (χ0n) is 13.6. The van der Waals surface area contributed by atoms with Crippen LogP contribution in [0.1, 0.15) is 15.9 Å². The summed E-state index contributed by atoms with van der Waals surface area (Å²) < 4.78 is 5.61. The minimum Gasteiger partial charge on any atom is -0.454 e. The van der Waals surface area contributed by atoms with Crippen LogP contribution in [0.25, 0.3) is 0 Å². The molecule has 0 aromatic heterocycles. The number of rotatable bonds is 7. The first-order chi connectivity index (χ1) is 12.5. The van der Waals surface area contributed by atoms with Crippen molar-refractivity contribution in [2.75, 3.05) is 13.2 Å². The Morgan fingerprint density at radius 2 is 1.81 bits per heavy atom. The first-order valence-corrected chi connectivity index (χ1v) is 9.11. The Morgan fingerprint density at radius 1 is 1.04 bits per heavy atom. The normalized spacial score (nSPS) is 10.1. The van der Waals surface area contributed by atoms with Gasteiger partial charge < -0.3 is 15.4 Å². The molecule has 2 aromatic carbocycles. The van der Waals surface area contributed by atoms with Crippen molar-refractivity contribution in [3.8, 4) is 0 Å². The average molecular weight is 487 g/mol. The van der Waals surface area contributed by atoms with Gasteiger partial charge in [-0.05, 0) is 52.4 Å². The summed E-state index contributed by atoms with van der Waals surface area (Å²) in [6, 6.07) is 14.1. The molecule has 2 rings (SSSR count). The van der Waals surface area contributed by atoms with Crippen molar-refractivity contribution < 1.29 is 19.1 Å². The van der Waals surface area contributed by atoms with Crippen molar-refractivity contribution in [3.63, 3.8) is 0 Å². The number of ether oxygens (including phenoxy) is 1. The van der Waals surface area contributed by atoms with Crippen molar-refractivity contribution in [2.24, 2.45) is 0 Å². The van der Waals surface area contributed by atoms with Crippen LogP contribution in [0.2, 0.25) is 5.02 Å². The van der Waals surface area contributed by atoms with Crippen molar-refractivity contribution >= 4 is 52.0 Å². The second kappa shape index (κ2) is 10.1. The fourth-order valence-corrected chi connectivity index (χ4v) is 2.83. The number of halogens is 2. The van der Waals surface area contributed by atoms with Gasteiger partial charge in [-0.1, -0.05) is 35.9 Å². The van der Waals surface area contributed by atoms with E-state index in [2.05, 4.69) is 10.6 Å². The van der Waals surface area contributed by atoms with E-state index in [0.29, 0.717) is 10.6 Å². The summed E-state index contributed by atoms with van der Waals surface area (Å²) in [5.74, 6) is -1.51. The maximum Gasteiger partial charge on any atom is 0.325 e. The lowest BCUT2D eigenvalue weighted by Gasteiger charge is -2.08. The monoisotopic (exact) mass is 486 g/mol. The first-order valence-electron chi connectivity index (χ1n) is 7.65. The molecule has 6 nitrogen and oxygen atoms in total. The van der Waals surface area contributed by atoms with E-state index in [1.54, 1.807) is 36.4 Å². The summed E-state index contributed by atoms with van der Waals surface area (Å²) in [5, 5.41) is 5.66. The Balaban J connectivity index is 1.69. The molecular weight excluding hydrogens is 471 g/mol. The number of carbonyl (C=O) groups excluding carboxylic acids is 3. The third-order valence-corrected chi connectivity index (χ3v) is 4.43. The van der Waals surface area contributed by atoms with Crippen LogP contribution in [0, 0.1) is 3.57 Å². The smallest absolute Gasteiger partial charge is 0.325 e. The van der Waals surface area contributed by atoms with Gasteiger partial charge in [-0.2, -0.15) is 0 Å². The topological polar surface area (TPSA) is 84.5 Å². The molecule has 0 radical (unpaired) electrons. The molecule has 2 N–H and O–H groups in total. The molecule has 0 spiro atoms. The molecule has 2 aromatic rings. The number of hydrogen-bond acceptors (Lipinski definition) is 4. The van der Waals surface area contributed by atoms with Crippen LogP contribution in [-0.4, -0.2) is 30.9 Å². The predicted molar refractivity (Wildman–Crippen MR) is 106 cm³/mol.